The second-order valence-electron chi connectivity index (χ2n) is 8.46. The van der Waals surface area contributed by atoms with Crippen LogP contribution in [0.15, 0.2) is 65.6 Å². The van der Waals surface area contributed by atoms with Gasteiger partial charge in [0.2, 0.25) is 0 Å². The summed E-state index contributed by atoms with van der Waals surface area (Å²) in [6, 6.07) is 12.4. The summed E-state index contributed by atoms with van der Waals surface area (Å²) in [4.78, 5) is 13.0. The van der Waals surface area contributed by atoms with Gasteiger partial charge in [0.1, 0.15) is 11.6 Å². The number of nitrogens with zero attached hydrogens (tertiary/aromatic N) is 1. The number of sulfonamides is 1. The van der Waals surface area contributed by atoms with Crippen LogP contribution in [-0.4, -0.2) is 39.3 Å². The van der Waals surface area contributed by atoms with Crippen molar-refractivity contribution in [3.63, 3.8) is 0 Å². The van der Waals surface area contributed by atoms with Crippen LogP contribution < -0.4 is 14.4 Å². The van der Waals surface area contributed by atoms with Gasteiger partial charge in [0.05, 0.1) is 10.6 Å². The Kier molecular flexibility index (Phi) is 6.67. The number of amides is 1. The molecule has 0 fully saturated rings. The van der Waals surface area contributed by atoms with Gasteiger partial charge < -0.3 is 14.7 Å². The molecule has 1 amide bonds. The van der Waals surface area contributed by atoms with Crippen molar-refractivity contribution < 1.29 is 40.6 Å². The number of ether oxygens (including phenoxy) is 1. The highest BCUT2D eigenvalue weighted by Crippen LogP contribution is 2.42. The van der Waals surface area contributed by atoms with Gasteiger partial charge >= 0.3 is 6.18 Å². The van der Waals surface area contributed by atoms with E-state index in [-0.39, 0.29) is 34.2 Å². The molecule has 0 spiro atoms. The number of aliphatic hydroxyl groups is 1. The first-order valence-corrected chi connectivity index (χ1v) is 12.5. The molecule has 0 saturated carbocycles. The molecule has 196 valence electrons. The lowest BCUT2D eigenvalue weighted by atomic mass is 9.89. The number of alkyl halides is 3. The first-order chi connectivity index (χ1) is 17.3. The van der Waals surface area contributed by atoms with E-state index < -0.39 is 39.6 Å². The molecule has 0 bridgehead atoms. The molecule has 7 nitrogen and oxygen atoms in total. The number of rotatable bonds is 6. The summed E-state index contributed by atoms with van der Waals surface area (Å²) in [6.07, 6.45) is -5.67. The van der Waals surface area contributed by atoms with Crippen LogP contribution in [0.25, 0.3) is 11.1 Å². The Hall–Kier alpha value is -3.64. The van der Waals surface area contributed by atoms with Crippen molar-refractivity contribution >= 4 is 27.3 Å². The Balaban J connectivity index is 1.57. The molecule has 37 heavy (non-hydrogen) atoms. The maximum Gasteiger partial charge on any atom is 0.421 e. The van der Waals surface area contributed by atoms with E-state index in [1.165, 1.54) is 54.4 Å². The van der Waals surface area contributed by atoms with E-state index in [4.69, 9.17) is 4.74 Å². The summed E-state index contributed by atoms with van der Waals surface area (Å²) >= 11 is 0. The summed E-state index contributed by atoms with van der Waals surface area (Å²) in [5.41, 5.74) is -3.09. The zero-order valence-corrected chi connectivity index (χ0v) is 20.5. The third-order valence-electron chi connectivity index (χ3n) is 6.20. The van der Waals surface area contributed by atoms with Gasteiger partial charge in [0, 0.05) is 18.3 Å². The van der Waals surface area contributed by atoms with Crippen LogP contribution in [-0.2, 0) is 20.4 Å². The van der Waals surface area contributed by atoms with Crippen LogP contribution in [0.3, 0.4) is 0 Å². The molecule has 1 aliphatic heterocycles. The Morgan fingerprint density at radius 2 is 1.73 bits per heavy atom. The third kappa shape index (κ3) is 4.86. The Labute approximate surface area is 210 Å². The largest absolute Gasteiger partial charge is 0.482 e. The van der Waals surface area contributed by atoms with Crippen molar-refractivity contribution in [2.75, 3.05) is 23.3 Å². The molecular formula is C25H22F4N2O5S. The lowest BCUT2D eigenvalue weighted by molar-refractivity contribution is -0.267. The Morgan fingerprint density at radius 3 is 2.32 bits per heavy atom. The maximum atomic E-state index is 14.8. The van der Waals surface area contributed by atoms with Gasteiger partial charge in [-0.1, -0.05) is 31.2 Å². The second kappa shape index (κ2) is 9.34. The van der Waals surface area contributed by atoms with Crippen LogP contribution in [0.1, 0.15) is 18.9 Å². The highest BCUT2D eigenvalue weighted by molar-refractivity contribution is 7.92. The van der Waals surface area contributed by atoms with Gasteiger partial charge in [0.15, 0.2) is 12.2 Å². The van der Waals surface area contributed by atoms with E-state index in [0.29, 0.717) is 17.5 Å². The van der Waals surface area contributed by atoms with Gasteiger partial charge in [-0.05, 0) is 53.9 Å². The number of carbonyl (C=O) groups is 1. The van der Waals surface area contributed by atoms with Crippen LogP contribution in [0.5, 0.6) is 5.75 Å². The second-order valence-corrected chi connectivity index (χ2v) is 10.1. The lowest BCUT2D eigenvalue weighted by Gasteiger charge is -2.30. The van der Waals surface area contributed by atoms with E-state index in [9.17, 15) is 35.9 Å². The topological polar surface area (TPSA) is 95.9 Å². The summed E-state index contributed by atoms with van der Waals surface area (Å²) in [5, 5.41) is 10.1. The fourth-order valence-corrected chi connectivity index (χ4v) is 5.00. The molecule has 0 radical (unpaired) electrons. The first kappa shape index (κ1) is 26.4. The SMILES string of the molecule is CCC(O)(c1ccc(-c2ccc(NS(=O)(=O)c3ccc4c(c3)N(C)C(=O)CO4)cc2)c(F)c1)C(F)(F)F. The first-order valence-electron chi connectivity index (χ1n) is 11.0. The number of hydrogen-bond acceptors (Lipinski definition) is 5. The molecule has 1 unspecified atom stereocenters. The number of fused-ring (bicyclic) bond motifs is 1. The van der Waals surface area contributed by atoms with Crippen LogP contribution in [0, 0.1) is 5.82 Å². The monoisotopic (exact) mass is 538 g/mol. The normalized spacial score (nSPS) is 15.5. The fraction of sp³-hybridized carbons (Fsp3) is 0.240. The molecule has 1 aliphatic rings. The minimum absolute atomic E-state index is 0.0267. The average molecular weight is 539 g/mol. The van der Waals surface area contributed by atoms with Crippen molar-refractivity contribution in [3.05, 3.63) is 72.0 Å². The highest BCUT2D eigenvalue weighted by atomic mass is 32.2. The summed E-state index contributed by atoms with van der Waals surface area (Å²) in [6.45, 7) is 1.00. The molecule has 0 saturated heterocycles. The molecule has 4 rings (SSSR count). The van der Waals surface area contributed by atoms with E-state index in [1.807, 2.05) is 0 Å². The van der Waals surface area contributed by atoms with Crippen molar-refractivity contribution in [3.8, 4) is 16.9 Å². The molecule has 1 atom stereocenters. The fourth-order valence-electron chi connectivity index (χ4n) is 3.93. The molecular weight excluding hydrogens is 516 g/mol. The van der Waals surface area contributed by atoms with Gasteiger partial charge in [-0.25, -0.2) is 12.8 Å². The number of benzene rings is 3. The minimum atomic E-state index is -4.98. The zero-order valence-electron chi connectivity index (χ0n) is 19.6. The Morgan fingerprint density at radius 1 is 1.05 bits per heavy atom. The number of likely N-dealkylation sites (N-methyl/N-ethyl adjacent to an activating group) is 1. The summed E-state index contributed by atoms with van der Waals surface area (Å²) < 4.78 is 88.2. The third-order valence-corrected chi connectivity index (χ3v) is 7.58. The van der Waals surface area contributed by atoms with Gasteiger partial charge in [0.25, 0.3) is 15.9 Å². The quantitative estimate of drug-likeness (QED) is 0.440. The van der Waals surface area contributed by atoms with Crippen molar-refractivity contribution in [1.82, 2.24) is 0 Å². The van der Waals surface area contributed by atoms with E-state index >= 15 is 0 Å². The van der Waals surface area contributed by atoms with Crippen molar-refractivity contribution in [2.24, 2.45) is 0 Å². The number of halogens is 4. The molecule has 1 heterocycles. The van der Waals surface area contributed by atoms with E-state index in [2.05, 4.69) is 4.72 Å². The number of anilines is 2. The van der Waals surface area contributed by atoms with Crippen LogP contribution in [0.4, 0.5) is 28.9 Å². The minimum Gasteiger partial charge on any atom is -0.482 e. The molecule has 3 aromatic rings. The summed E-state index contributed by atoms with van der Waals surface area (Å²) in [7, 11) is -2.56. The van der Waals surface area contributed by atoms with Crippen molar-refractivity contribution in [2.45, 2.75) is 30.0 Å². The lowest BCUT2D eigenvalue weighted by Crippen LogP contribution is -2.41. The predicted octanol–water partition coefficient (Wildman–Crippen LogP) is 4.81. The average Bonchev–Trinajstić information content (AvgIpc) is 2.85. The maximum absolute atomic E-state index is 14.8. The van der Waals surface area contributed by atoms with E-state index in [0.717, 1.165) is 19.1 Å². The molecule has 0 aromatic heterocycles. The number of nitrogens with one attached hydrogen (secondary N) is 1. The predicted molar refractivity (Wildman–Crippen MR) is 128 cm³/mol. The van der Waals surface area contributed by atoms with Crippen molar-refractivity contribution in [1.29, 1.82) is 0 Å². The van der Waals surface area contributed by atoms with Gasteiger partial charge in [-0.3, -0.25) is 9.52 Å². The van der Waals surface area contributed by atoms with Gasteiger partial charge in [-0.15, -0.1) is 0 Å². The highest BCUT2D eigenvalue weighted by Gasteiger charge is 2.53. The molecule has 12 heteroatoms. The molecule has 2 N–H and O–H groups in total. The smallest absolute Gasteiger partial charge is 0.421 e. The standard InChI is InChI=1S/C25H22F4N2O5S/c1-3-24(33,25(27,28)29)16-6-10-19(20(26)12-16)15-4-7-17(8-5-15)30-37(34,35)18-9-11-22-21(13-18)31(2)23(32)14-36-22/h4-13,30,33H,3,14H2,1-2H3. The number of carbonyl (C=O) groups excluding carboxylic acids is 1. The van der Waals surface area contributed by atoms with E-state index in [1.54, 1.807) is 0 Å². The zero-order chi connectivity index (χ0) is 27.2. The Bertz CT molecular complexity index is 1460. The van der Waals surface area contributed by atoms with Gasteiger partial charge in [-0.2, -0.15) is 13.2 Å². The van der Waals surface area contributed by atoms with Crippen LogP contribution in [0.2, 0.25) is 0 Å². The molecule has 0 aliphatic carbocycles. The van der Waals surface area contributed by atoms with Crippen LogP contribution >= 0.6 is 0 Å². The summed E-state index contributed by atoms with van der Waals surface area (Å²) in [5.74, 6) is -0.938. The number of hydrogen-bond donors (Lipinski definition) is 2. The molecule has 3 aromatic carbocycles.